The Bertz CT molecular complexity index is 927. The monoisotopic (exact) mass is 405 g/mol. The molecule has 0 radical (unpaired) electrons. The lowest BCUT2D eigenvalue weighted by atomic mass is 9.89. The summed E-state index contributed by atoms with van der Waals surface area (Å²) >= 11 is 0. The van der Waals surface area contributed by atoms with E-state index in [-0.39, 0.29) is 18.5 Å². The molecule has 2 aromatic carbocycles. The van der Waals surface area contributed by atoms with Gasteiger partial charge in [0, 0.05) is 18.2 Å². The highest BCUT2D eigenvalue weighted by atomic mass is 19.1. The largest absolute Gasteiger partial charge is 0.493 e. The normalized spacial score (nSPS) is 15.5. The summed E-state index contributed by atoms with van der Waals surface area (Å²) in [7, 11) is 4.27. The van der Waals surface area contributed by atoms with Gasteiger partial charge in [-0.1, -0.05) is 0 Å². The highest BCUT2D eigenvalue weighted by Crippen LogP contribution is 2.40. The predicted octanol–water partition coefficient (Wildman–Crippen LogP) is 3.28. The van der Waals surface area contributed by atoms with Crippen LogP contribution < -0.4 is 9.47 Å². The van der Waals surface area contributed by atoms with Crippen LogP contribution in [0.3, 0.4) is 0 Å². The lowest BCUT2D eigenvalue weighted by Gasteiger charge is -2.37. The van der Waals surface area contributed by atoms with Gasteiger partial charge in [0.2, 0.25) is 0 Å². The Balaban J connectivity index is 2.06. The zero-order chi connectivity index (χ0) is 21.1. The van der Waals surface area contributed by atoms with Crippen molar-refractivity contribution in [3.05, 3.63) is 58.7 Å². The van der Waals surface area contributed by atoms with Crippen LogP contribution in [0.1, 0.15) is 33.9 Å². The maximum Gasteiger partial charge on any atom is 0.307 e. The number of benzene rings is 2. The molecule has 1 amide bonds. The SMILES string of the molecule is COC(=O)C[C@H]1c2cc(OC)c(OC)cc2CCN1C(=O)c1cc(F)cc(F)c1. The molecule has 1 atom stereocenters. The van der Waals surface area contributed by atoms with E-state index >= 15 is 0 Å². The maximum absolute atomic E-state index is 13.6. The van der Waals surface area contributed by atoms with Crippen molar-refractivity contribution in [2.45, 2.75) is 18.9 Å². The first-order valence-corrected chi connectivity index (χ1v) is 8.96. The first-order chi connectivity index (χ1) is 13.9. The minimum absolute atomic E-state index is 0.109. The van der Waals surface area contributed by atoms with Crippen molar-refractivity contribution >= 4 is 11.9 Å². The van der Waals surface area contributed by atoms with Gasteiger partial charge in [0.1, 0.15) is 11.6 Å². The van der Waals surface area contributed by atoms with Crippen LogP contribution in [-0.4, -0.2) is 44.7 Å². The molecule has 6 nitrogen and oxygen atoms in total. The first-order valence-electron chi connectivity index (χ1n) is 8.96. The zero-order valence-corrected chi connectivity index (χ0v) is 16.3. The van der Waals surface area contributed by atoms with Crippen LogP contribution in [0.2, 0.25) is 0 Å². The van der Waals surface area contributed by atoms with E-state index in [1.165, 1.54) is 26.2 Å². The van der Waals surface area contributed by atoms with E-state index in [0.29, 0.717) is 29.5 Å². The van der Waals surface area contributed by atoms with Gasteiger partial charge in [-0.2, -0.15) is 0 Å². The molecule has 0 unspecified atom stereocenters. The Kier molecular flexibility index (Phi) is 6.00. The molecule has 0 fully saturated rings. The number of hydrogen-bond acceptors (Lipinski definition) is 5. The number of amides is 1. The van der Waals surface area contributed by atoms with Crippen molar-refractivity contribution < 1.29 is 32.6 Å². The van der Waals surface area contributed by atoms with E-state index in [4.69, 9.17) is 14.2 Å². The lowest BCUT2D eigenvalue weighted by Crippen LogP contribution is -2.41. The third-order valence-corrected chi connectivity index (χ3v) is 4.96. The van der Waals surface area contributed by atoms with E-state index in [9.17, 15) is 18.4 Å². The minimum atomic E-state index is -0.846. The summed E-state index contributed by atoms with van der Waals surface area (Å²) in [5.74, 6) is -1.79. The number of esters is 1. The molecular formula is C21H21F2NO5. The topological polar surface area (TPSA) is 65.1 Å². The van der Waals surface area contributed by atoms with Gasteiger partial charge in [0.25, 0.3) is 5.91 Å². The van der Waals surface area contributed by atoms with E-state index in [0.717, 1.165) is 17.7 Å². The number of fused-ring (bicyclic) bond motifs is 1. The van der Waals surface area contributed by atoms with Crippen molar-refractivity contribution in [2.24, 2.45) is 0 Å². The number of ether oxygens (including phenoxy) is 3. The summed E-state index contributed by atoms with van der Waals surface area (Å²) < 4.78 is 42.7. The summed E-state index contributed by atoms with van der Waals surface area (Å²) in [4.78, 5) is 26.5. The molecule has 1 heterocycles. The third kappa shape index (κ3) is 4.16. The molecule has 0 N–H and O–H groups in total. The van der Waals surface area contributed by atoms with Crippen LogP contribution in [0, 0.1) is 11.6 Å². The van der Waals surface area contributed by atoms with Crippen LogP contribution in [-0.2, 0) is 16.0 Å². The fourth-order valence-corrected chi connectivity index (χ4v) is 3.58. The quantitative estimate of drug-likeness (QED) is 0.715. The molecule has 0 bridgehead atoms. The third-order valence-electron chi connectivity index (χ3n) is 4.96. The van der Waals surface area contributed by atoms with Gasteiger partial charge in [-0.3, -0.25) is 9.59 Å². The molecule has 3 rings (SSSR count). The molecular weight excluding hydrogens is 384 g/mol. The van der Waals surface area contributed by atoms with Crippen LogP contribution in [0.4, 0.5) is 8.78 Å². The summed E-state index contributed by atoms with van der Waals surface area (Å²) in [6, 6.07) is 5.50. The summed E-state index contributed by atoms with van der Waals surface area (Å²) in [5.41, 5.74) is 1.47. The molecule has 29 heavy (non-hydrogen) atoms. The second-order valence-electron chi connectivity index (χ2n) is 6.61. The average Bonchev–Trinajstić information content (AvgIpc) is 2.71. The zero-order valence-electron chi connectivity index (χ0n) is 16.3. The van der Waals surface area contributed by atoms with E-state index in [1.54, 1.807) is 6.07 Å². The van der Waals surface area contributed by atoms with E-state index in [2.05, 4.69) is 0 Å². The summed E-state index contributed by atoms with van der Waals surface area (Å²) in [5, 5.41) is 0. The Labute approximate surface area is 167 Å². The van der Waals surface area contributed by atoms with Crippen LogP contribution in [0.5, 0.6) is 11.5 Å². The van der Waals surface area contributed by atoms with E-state index < -0.39 is 29.6 Å². The fraction of sp³-hybridized carbons (Fsp3) is 0.333. The van der Waals surface area contributed by atoms with Crippen LogP contribution in [0.25, 0.3) is 0 Å². The van der Waals surface area contributed by atoms with Gasteiger partial charge in [0.05, 0.1) is 33.8 Å². The Morgan fingerprint density at radius 3 is 2.21 bits per heavy atom. The Morgan fingerprint density at radius 2 is 1.62 bits per heavy atom. The van der Waals surface area contributed by atoms with Gasteiger partial charge in [-0.25, -0.2) is 8.78 Å². The number of halogens is 2. The number of carbonyl (C=O) groups excluding carboxylic acids is 2. The predicted molar refractivity (Wildman–Crippen MR) is 100 cm³/mol. The minimum Gasteiger partial charge on any atom is -0.493 e. The molecule has 2 aromatic rings. The molecule has 0 aromatic heterocycles. The number of nitrogens with zero attached hydrogens (tertiary/aromatic N) is 1. The number of carbonyl (C=O) groups is 2. The second-order valence-corrected chi connectivity index (χ2v) is 6.61. The average molecular weight is 405 g/mol. The van der Waals surface area contributed by atoms with E-state index in [1.807, 2.05) is 6.07 Å². The lowest BCUT2D eigenvalue weighted by molar-refractivity contribution is -0.141. The van der Waals surface area contributed by atoms with Gasteiger partial charge >= 0.3 is 5.97 Å². The summed E-state index contributed by atoms with van der Waals surface area (Å²) in [6.07, 6.45) is 0.374. The highest BCUT2D eigenvalue weighted by molar-refractivity contribution is 5.95. The first kappa shape index (κ1) is 20.6. The maximum atomic E-state index is 13.6. The summed E-state index contributed by atoms with van der Waals surface area (Å²) in [6.45, 7) is 0.265. The van der Waals surface area contributed by atoms with Gasteiger partial charge in [-0.15, -0.1) is 0 Å². The van der Waals surface area contributed by atoms with Crippen molar-refractivity contribution in [3.8, 4) is 11.5 Å². The second kappa shape index (κ2) is 8.46. The van der Waals surface area contributed by atoms with Crippen molar-refractivity contribution in [3.63, 3.8) is 0 Å². The van der Waals surface area contributed by atoms with Gasteiger partial charge in [0.15, 0.2) is 11.5 Å². The standard InChI is InChI=1S/C21H21F2NO5/c1-27-18-8-12-4-5-24(21(26)13-6-14(22)9-15(23)7-13)17(11-20(25)29-3)16(12)10-19(18)28-2/h6-10,17H,4-5,11H2,1-3H3/t17-/m0/s1. The van der Waals surface area contributed by atoms with Crippen molar-refractivity contribution in [1.82, 2.24) is 4.90 Å². The van der Waals surface area contributed by atoms with Gasteiger partial charge < -0.3 is 19.1 Å². The number of hydrogen-bond donors (Lipinski definition) is 0. The van der Waals surface area contributed by atoms with Gasteiger partial charge in [-0.05, 0) is 41.8 Å². The van der Waals surface area contributed by atoms with Crippen molar-refractivity contribution in [2.75, 3.05) is 27.9 Å². The molecule has 1 aliphatic rings. The molecule has 154 valence electrons. The van der Waals surface area contributed by atoms with Crippen LogP contribution >= 0.6 is 0 Å². The number of rotatable bonds is 5. The molecule has 0 spiro atoms. The Morgan fingerprint density at radius 1 is 1.00 bits per heavy atom. The molecule has 8 heteroatoms. The smallest absolute Gasteiger partial charge is 0.307 e. The fourth-order valence-electron chi connectivity index (χ4n) is 3.58. The Hall–Kier alpha value is -3.16. The molecule has 0 aliphatic carbocycles. The molecule has 1 aliphatic heterocycles. The molecule has 0 saturated heterocycles. The molecule has 0 saturated carbocycles. The number of methoxy groups -OCH3 is 3. The van der Waals surface area contributed by atoms with Crippen LogP contribution in [0.15, 0.2) is 30.3 Å². The van der Waals surface area contributed by atoms with Crippen molar-refractivity contribution in [1.29, 1.82) is 0 Å². The highest BCUT2D eigenvalue weighted by Gasteiger charge is 2.34.